The van der Waals surface area contributed by atoms with Gasteiger partial charge in [0.05, 0.1) is 6.04 Å². The van der Waals surface area contributed by atoms with E-state index in [-0.39, 0.29) is 11.3 Å². The maximum Gasteiger partial charge on any atom is 0.573 e. The van der Waals surface area contributed by atoms with Crippen LogP contribution in [0.2, 0.25) is 0 Å². The lowest BCUT2D eigenvalue weighted by Gasteiger charge is -2.18. The number of benzene rings is 2. The first kappa shape index (κ1) is 16.3. The smallest absolute Gasteiger partial charge is 0.405 e. The number of nitrogens with two attached hydrogens (primary N) is 1. The van der Waals surface area contributed by atoms with Crippen LogP contribution in [-0.2, 0) is 0 Å². The van der Waals surface area contributed by atoms with Gasteiger partial charge in [0.25, 0.3) is 0 Å². The number of para-hydroxylation sites is 1. The number of halogens is 5. The van der Waals surface area contributed by atoms with Crippen LogP contribution in [0.1, 0.15) is 17.2 Å². The first-order valence-electron chi connectivity index (χ1n) is 5.82. The number of ether oxygens (including phenoxy) is 1. The van der Waals surface area contributed by atoms with E-state index in [2.05, 4.69) is 36.6 Å². The lowest BCUT2D eigenvalue weighted by Crippen LogP contribution is -2.20. The van der Waals surface area contributed by atoms with Gasteiger partial charge in [-0.1, -0.05) is 50.1 Å². The summed E-state index contributed by atoms with van der Waals surface area (Å²) < 4.78 is 42.9. The first-order valence-corrected chi connectivity index (χ1v) is 7.41. The molecule has 0 saturated heterocycles. The van der Waals surface area contributed by atoms with Gasteiger partial charge in [-0.25, -0.2) is 0 Å². The summed E-state index contributed by atoms with van der Waals surface area (Å²) in [5, 5.41) is 0. The van der Waals surface area contributed by atoms with Crippen molar-refractivity contribution >= 4 is 31.9 Å². The SMILES string of the molecule is NC(c1cc(Br)cc(Br)c1)c1ccccc1OC(F)(F)F. The quantitative estimate of drug-likeness (QED) is 0.738. The molecule has 0 aliphatic heterocycles. The third-order valence-corrected chi connectivity index (χ3v) is 3.64. The van der Waals surface area contributed by atoms with Crippen LogP contribution in [0.15, 0.2) is 51.4 Å². The van der Waals surface area contributed by atoms with Gasteiger partial charge in [-0.3, -0.25) is 0 Å². The van der Waals surface area contributed by atoms with Gasteiger partial charge in [0.15, 0.2) is 0 Å². The van der Waals surface area contributed by atoms with E-state index in [1.54, 1.807) is 18.2 Å². The van der Waals surface area contributed by atoms with Crippen LogP contribution in [0.3, 0.4) is 0 Å². The average Bonchev–Trinajstić information content (AvgIpc) is 2.35. The highest BCUT2D eigenvalue weighted by molar-refractivity contribution is 9.11. The van der Waals surface area contributed by atoms with Gasteiger partial charge >= 0.3 is 6.36 Å². The van der Waals surface area contributed by atoms with Crippen LogP contribution >= 0.6 is 31.9 Å². The van der Waals surface area contributed by atoms with Crippen LogP contribution < -0.4 is 10.5 Å². The highest BCUT2D eigenvalue weighted by Gasteiger charge is 2.32. The highest BCUT2D eigenvalue weighted by atomic mass is 79.9. The van der Waals surface area contributed by atoms with Crippen LogP contribution in [0.4, 0.5) is 13.2 Å². The lowest BCUT2D eigenvalue weighted by atomic mass is 9.99. The molecule has 0 saturated carbocycles. The summed E-state index contributed by atoms with van der Waals surface area (Å²) in [7, 11) is 0. The molecule has 0 aromatic heterocycles. The molecule has 112 valence electrons. The second-order valence-electron chi connectivity index (χ2n) is 4.27. The van der Waals surface area contributed by atoms with Gasteiger partial charge in [-0.15, -0.1) is 13.2 Å². The van der Waals surface area contributed by atoms with Crippen LogP contribution in [0.25, 0.3) is 0 Å². The summed E-state index contributed by atoms with van der Waals surface area (Å²) in [6.45, 7) is 0. The van der Waals surface area contributed by atoms with Crippen molar-refractivity contribution in [2.45, 2.75) is 12.4 Å². The monoisotopic (exact) mass is 423 g/mol. The van der Waals surface area contributed by atoms with E-state index < -0.39 is 12.4 Å². The normalized spacial score (nSPS) is 13.0. The average molecular weight is 425 g/mol. The van der Waals surface area contributed by atoms with E-state index in [1.165, 1.54) is 18.2 Å². The zero-order valence-corrected chi connectivity index (χ0v) is 13.7. The minimum atomic E-state index is -4.76. The Morgan fingerprint density at radius 2 is 1.57 bits per heavy atom. The molecule has 0 fully saturated rings. The fourth-order valence-electron chi connectivity index (χ4n) is 1.89. The predicted molar refractivity (Wildman–Crippen MR) is 81.0 cm³/mol. The van der Waals surface area contributed by atoms with Crippen molar-refractivity contribution in [1.29, 1.82) is 0 Å². The summed E-state index contributed by atoms with van der Waals surface area (Å²) >= 11 is 6.65. The minimum Gasteiger partial charge on any atom is -0.405 e. The summed E-state index contributed by atoms with van der Waals surface area (Å²) in [5.41, 5.74) is 7.01. The molecule has 0 aliphatic carbocycles. The molecule has 2 aromatic rings. The Bertz CT molecular complexity index is 626. The van der Waals surface area contributed by atoms with Crippen molar-refractivity contribution in [3.8, 4) is 5.75 Å². The molecule has 0 bridgehead atoms. The molecular weight excluding hydrogens is 415 g/mol. The lowest BCUT2D eigenvalue weighted by molar-refractivity contribution is -0.274. The van der Waals surface area contributed by atoms with E-state index in [9.17, 15) is 13.2 Å². The first-order chi connectivity index (χ1) is 9.76. The molecule has 1 unspecified atom stereocenters. The van der Waals surface area contributed by atoms with Gasteiger partial charge in [0.2, 0.25) is 0 Å². The predicted octanol–water partition coefficient (Wildman–Crippen LogP) is 5.16. The van der Waals surface area contributed by atoms with Crippen molar-refractivity contribution in [2.75, 3.05) is 0 Å². The van der Waals surface area contributed by atoms with Crippen LogP contribution in [0, 0.1) is 0 Å². The van der Waals surface area contributed by atoms with Crippen molar-refractivity contribution in [3.05, 3.63) is 62.5 Å². The summed E-state index contributed by atoms with van der Waals surface area (Å²) in [4.78, 5) is 0. The molecule has 2 aromatic carbocycles. The third kappa shape index (κ3) is 4.46. The van der Waals surface area contributed by atoms with Gasteiger partial charge in [0.1, 0.15) is 5.75 Å². The van der Waals surface area contributed by atoms with Crippen LogP contribution in [-0.4, -0.2) is 6.36 Å². The summed E-state index contributed by atoms with van der Waals surface area (Å²) in [6.07, 6.45) is -4.76. The number of hydrogen-bond donors (Lipinski definition) is 1. The zero-order chi connectivity index (χ0) is 15.6. The Hall–Kier alpha value is -1.05. The van der Waals surface area contributed by atoms with Crippen molar-refractivity contribution in [3.63, 3.8) is 0 Å². The van der Waals surface area contributed by atoms with E-state index in [1.807, 2.05) is 6.07 Å². The minimum absolute atomic E-state index is 0.264. The Balaban J connectivity index is 2.41. The molecule has 2 rings (SSSR count). The number of alkyl halides is 3. The standard InChI is InChI=1S/C14H10Br2F3NO/c15-9-5-8(6-10(16)7-9)13(20)11-3-1-2-4-12(11)21-14(17,18)19/h1-7,13H,20H2. The molecule has 0 aliphatic rings. The zero-order valence-electron chi connectivity index (χ0n) is 10.5. The summed E-state index contributed by atoms with van der Waals surface area (Å²) in [5.74, 6) is -0.298. The van der Waals surface area contributed by atoms with Crippen LogP contribution in [0.5, 0.6) is 5.75 Å². The second-order valence-corrected chi connectivity index (χ2v) is 6.10. The van der Waals surface area contributed by atoms with Crippen molar-refractivity contribution in [1.82, 2.24) is 0 Å². The number of rotatable bonds is 3. The Labute approximate surface area is 136 Å². The Kier molecular flexibility index (Phi) is 4.95. The highest BCUT2D eigenvalue weighted by Crippen LogP contribution is 2.33. The second kappa shape index (κ2) is 6.37. The molecule has 1 atom stereocenters. The van der Waals surface area contributed by atoms with Crippen molar-refractivity contribution < 1.29 is 17.9 Å². The summed E-state index contributed by atoms with van der Waals surface area (Å²) in [6, 6.07) is 10.4. The topological polar surface area (TPSA) is 35.2 Å². The van der Waals surface area contributed by atoms with Gasteiger partial charge in [-0.05, 0) is 29.8 Å². The molecule has 0 amide bonds. The van der Waals surface area contributed by atoms with Crippen molar-refractivity contribution in [2.24, 2.45) is 5.73 Å². The maximum absolute atomic E-state index is 12.4. The molecule has 0 heterocycles. The molecule has 2 nitrogen and oxygen atoms in total. The third-order valence-electron chi connectivity index (χ3n) is 2.72. The fourth-order valence-corrected chi connectivity index (χ4v) is 3.22. The van der Waals surface area contributed by atoms with Gasteiger partial charge < -0.3 is 10.5 Å². The van der Waals surface area contributed by atoms with Gasteiger partial charge in [-0.2, -0.15) is 0 Å². The molecule has 0 radical (unpaired) electrons. The Morgan fingerprint density at radius 3 is 2.14 bits per heavy atom. The molecular formula is C14H10Br2F3NO. The maximum atomic E-state index is 12.4. The van der Waals surface area contributed by atoms with E-state index in [0.717, 1.165) is 8.95 Å². The van der Waals surface area contributed by atoms with Gasteiger partial charge in [0, 0.05) is 14.5 Å². The molecule has 7 heteroatoms. The Morgan fingerprint density at radius 1 is 1.00 bits per heavy atom. The fraction of sp³-hybridized carbons (Fsp3) is 0.143. The van der Waals surface area contributed by atoms with E-state index >= 15 is 0 Å². The molecule has 0 spiro atoms. The van der Waals surface area contributed by atoms with E-state index in [4.69, 9.17) is 5.73 Å². The molecule has 2 N–H and O–H groups in total. The number of hydrogen-bond acceptors (Lipinski definition) is 2. The van der Waals surface area contributed by atoms with E-state index in [0.29, 0.717) is 5.56 Å². The largest absolute Gasteiger partial charge is 0.573 e. The molecule has 21 heavy (non-hydrogen) atoms.